The first kappa shape index (κ1) is 14.3. The number of halogens is 1. The van der Waals surface area contributed by atoms with Crippen molar-refractivity contribution < 1.29 is 0 Å². The predicted octanol–water partition coefficient (Wildman–Crippen LogP) is 2.09. The van der Waals surface area contributed by atoms with Crippen molar-refractivity contribution in [2.45, 2.75) is 0 Å². The van der Waals surface area contributed by atoms with Gasteiger partial charge in [0, 0.05) is 11.6 Å². The second-order valence-electron chi connectivity index (χ2n) is 5.01. The molecule has 0 saturated carbocycles. The van der Waals surface area contributed by atoms with E-state index in [1.54, 1.807) is 24.4 Å². The number of nitrogens with two attached hydrogens (primary N) is 2. The highest BCUT2D eigenvalue weighted by molar-refractivity contribution is 6.33. The van der Waals surface area contributed by atoms with Crippen molar-refractivity contribution in [2.24, 2.45) is 0 Å². The fourth-order valence-corrected chi connectivity index (χ4v) is 2.49. The molecule has 24 heavy (non-hydrogen) atoms. The average molecular weight is 339 g/mol. The number of fused-ring (bicyclic) bond motifs is 1. The van der Waals surface area contributed by atoms with Crippen LogP contribution in [0.4, 0.5) is 11.6 Å². The van der Waals surface area contributed by atoms with Gasteiger partial charge in [0.25, 0.3) is 0 Å². The maximum absolute atomic E-state index is 6.05. The summed E-state index contributed by atoms with van der Waals surface area (Å²) in [5.41, 5.74) is 13.6. The van der Waals surface area contributed by atoms with Gasteiger partial charge in [0.1, 0.15) is 12.0 Å². The van der Waals surface area contributed by atoms with Crippen molar-refractivity contribution >= 4 is 34.1 Å². The minimum absolute atomic E-state index is 0.184. The number of nitrogens with zero attached hydrogens (tertiary/aromatic N) is 6. The third kappa shape index (κ3) is 2.29. The number of anilines is 2. The second kappa shape index (κ2) is 5.43. The second-order valence-corrected chi connectivity index (χ2v) is 5.42. The number of benzene rings is 1. The molecule has 0 aliphatic carbocycles. The van der Waals surface area contributed by atoms with E-state index in [0.717, 1.165) is 0 Å². The molecule has 0 spiro atoms. The molecule has 0 atom stereocenters. The van der Waals surface area contributed by atoms with Crippen LogP contribution in [0.15, 0.2) is 42.9 Å². The molecule has 4 rings (SSSR count). The van der Waals surface area contributed by atoms with Gasteiger partial charge in [0.15, 0.2) is 5.82 Å². The van der Waals surface area contributed by atoms with Gasteiger partial charge >= 0.3 is 0 Å². The van der Waals surface area contributed by atoms with E-state index in [9.17, 15) is 0 Å². The molecule has 3 aromatic heterocycles. The van der Waals surface area contributed by atoms with E-state index < -0.39 is 0 Å². The lowest BCUT2D eigenvalue weighted by Gasteiger charge is -2.07. The summed E-state index contributed by atoms with van der Waals surface area (Å²) < 4.78 is 1.43. The summed E-state index contributed by atoms with van der Waals surface area (Å²) in [6, 6.07) is 8.82. The molecule has 8 nitrogen and oxygen atoms in total. The smallest absolute Gasteiger partial charge is 0.225 e. The standard InChI is InChI=1S/C15H11ClN8/c16-9-6-12-8(5-10(9)17)14(21-7-20-12)24-15(18)22-13(23-24)11-3-1-2-4-19-11/h1-7H,17H2,(H2,18,22,23). The van der Waals surface area contributed by atoms with E-state index in [1.165, 1.54) is 11.0 Å². The van der Waals surface area contributed by atoms with Crippen molar-refractivity contribution in [1.82, 2.24) is 29.7 Å². The molecule has 0 aliphatic rings. The lowest BCUT2D eigenvalue weighted by Crippen LogP contribution is -2.06. The Morgan fingerprint density at radius 1 is 1.04 bits per heavy atom. The highest BCUT2D eigenvalue weighted by atomic mass is 35.5. The van der Waals surface area contributed by atoms with E-state index in [-0.39, 0.29) is 5.95 Å². The van der Waals surface area contributed by atoms with Crippen LogP contribution >= 0.6 is 11.6 Å². The zero-order chi connectivity index (χ0) is 16.7. The Balaban J connectivity index is 1.93. The van der Waals surface area contributed by atoms with Crippen LogP contribution in [0.3, 0.4) is 0 Å². The summed E-state index contributed by atoms with van der Waals surface area (Å²) in [6.45, 7) is 0. The van der Waals surface area contributed by atoms with Crippen LogP contribution in [0.2, 0.25) is 5.02 Å². The minimum atomic E-state index is 0.184. The fraction of sp³-hybridized carbons (Fsp3) is 0. The van der Waals surface area contributed by atoms with Gasteiger partial charge in [-0.15, -0.1) is 5.10 Å². The Morgan fingerprint density at radius 3 is 2.71 bits per heavy atom. The Bertz CT molecular complexity index is 1040. The van der Waals surface area contributed by atoms with Crippen LogP contribution in [0.25, 0.3) is 28.2 Å². The van der Waals surface area contributed by atoms with Crippen molar-refractivity contribution in [2.75, 3.05) is 11.5 Å². The third-order valence-electron chi connectivity index (χ3n) is 3.46. The Labute approximate surface area is 141 Å². The van der Waals surface area contributed by atoms with Gasteiger partial charge in [0.05, 0.1) is 16.2 Å². The normalized spacial score (nSPS) is 11.0. The Morgan fingerprint density at radius 2 is 1.92 bits per heavy atom. The number of hydrogen-bond acceptors (Lipinski definition) is 7. The molecule has 0 radical (unpaired) electrons. The van der Waals surface area contributed by atoms with E-state index >= 15 is 0 Å². The third-order valence-corrected chi connectivity index (χ3v) is 3.79. The van der Waals surface area contributed by atoms with Gasteiger partial charge in [-0.3, -0.25) is 4.98 Å². The molecule has 0 aliphatic heterocycles. The van der Waals surface area contributed by atoms with Gasteiger partial charge in [-0.25, -0.2) is 9.97 Å². The van der Waals surface area contributed by atoms with Gasteiger partial charge in [0.2, 0.25) is 11.8 Å². The molecule has 0 amide bonds. The van der Waals surface area contributed by atoms with Crippen LogP contribution in [0.5, 0.6) is 0 Å². The van der Waals surface area contributed by atoms with Crippen molar-refractivity contribution in [3.05, 3.63) is 47.9 Å². The summed E-state index contributed by atoms with van der Waals surface area (Å²) in [5, 5.41) is 5.50. The van der Waals surface area contributed by atoms with E-state index in [0.29, 0.717) is 38.9 Å². The summed E-state index contributed by atoms with van der Waals surface area (Å²) in [6.07, 6.45) is 3.07. The minimum Gasteiger partial charge on any atom is -0.398 e. The molecule has 0 bridgehead atoms. The van der Waals surface area contributed by atoms with Gasteiger partial charge in [-0.05, 0) is 24.3 Å². The Hall–Kier alpha value is -3.26. The summed E-state index contributed by atoms with van der Waals surface area (Å²) in [4.78, 5) is 16.9. The van der Waals surface area contributed by atoms with Crippen molar-refractivity contribution in [1.29, 1.82) is 0 Å². The van der Waals surface area contributed by atoms with Crippen LogP contribution in [-0.2, 0) is 0 Å². The van der Waals surface area contributed by atoms with Gasteiger partial charge in [-0.2, -0.15) is 9.67 Å². The molecule has 0 fully saturated rings. The number of rotatable bonds is 2. The highest BCUT2D eigenvalue weighted by Crippen LogP contribution is 2.28. The first-order valence-corrected chi connectivity index (χ1v) is 7.35. The SMILES string of the molecule is Nc1cc2c(-n3nc(-c4ccccn4)nc3N)ncnc2cc1Cl. The van der Waals surface area contributed by atoms with Crippen LogP contribution in [0, 0.1) is 0 Å². The first-order valence-electron chi connectivity index (χ1n) is 6.97. The largest absolute Gasteiger partial charge is 0.398 e. The number of hydrogen-bond donors (Lipinski definition) is 2. The molecular weight excluding hydrogens is 328 g/mol. The zero-order valence-electron chi connectivity index (χ0n) is 12.3. The van der Waals surface area contributed by atoms with Crippen LogP contribution in [0.1, 0.15) is 0 Å². The summed E-state index contributed by atoms with van der Waals surface area (Å²) in [7, 11) is 0. The van der Waals surface area contributed by atoms with Crippen molar-refractivity contribution in [3.8, 4) is 17.3 Å². The molecular formula is C15H11ClN8. The Kier molecular flexibility index (Phi) is 3.24. The maximum Gasteiger partial charge on any atom is 0.225 e. The summed E-state index contributed by atoms with van der Waals surface area (Å²) in [5.74, 6) is 1.06. The lowest BCUT2D eigenvalue weighted by atomic mass is 10.2. The number of aromatic nitrogens is 6. The fourth-order valence-electron chi connectivity index (χ4n) is 2.33. The monoisotopic (exact) mass is 338 g/mol. The zero-order valence-corrected chi connectivity index (χ0v) is 13.0. The topological polar surface area (TPSA) is 121 Å². The molecule has 3 heterocycles. The van der Waals surface area contributed by atoms with Crippen LogP contribution in [-0.4, -0.2) is 29.7 Å². The predicted molar refractivity (Wildman–Crippen MR) is 91.5 cm³/mol. The van der Waals surface area contributed by atoms with Gasteiger partial charge < -0.3 is 11.5 Å². The van der Waals surface area contributed by atoms with Gasteiger partial charge in [-0.1, -0.05) is 17.7 Å². The molecule has 1 aromatic carbocycles. The van der Waals surface area contributed by atoms with E-state index in [2.05, 4.69) is 25.0 Å². The number of nitrogen functional groups attached to an aromatic ring is 2. The molecule has 118 valence electrons. The average Bonchev–Trinajstić information content (AvgIpc) is 2.98. The van der Waals surface area contributed by atoms with E-state index in [4.69, 9.17) is 23.1 Å². The summed E-state index contributed by atoms with van der Waals surface area (Å²) >= 11 is 6.05. The molecule has 4 aromatic rings. The van der Waals surface area contributed by atoms with Crippen LogP contribution < -0.4 is 11.5 Å². The first-order chi connectivity index (χ1) is 11.6. The molecule has 0 unspecified atom stereocenters. The maximum atomic E-state index is 6.05. The highest BCUT2D eigenvalue weighted by Gasteiger charge is 2.16. The lowest BCUT2D eigenvalue weighted by molar-refractivity contribution is 0.862. The molecule has 9 heteroatoms. The van der Waals surface area contributed by atoms with E-state index in [1.807, 2.05) is 12.1 Å². The van der Waals surface area contributed by atoms with Crippen molar-refractivity contribution in [3.63, 3.8) is 0 Å². The molecule has 0 saturated heterocycles. The number of pyridine rings is 1. The molecule has 4 N–H and O–H groups in total. The quantitative estimate of drug-likeness (QED) is 0.536.